The largest absolute Gasteiger partial charge is 0.493 e. The number of hydrogen-bond acceptors (Lipinski definition) is 4. The molecule has 5 heteroatoms. The summed E-state index contributed by atoms with van der Waals surface area (Å²) in [5.74, 6) is 2.45. The molecule has 3 rings (SSSR count). The molecule has 1 fully saturated rings. The van der Waals surface area contributed by atoms with Crippen LogP contribution in [0.4, 0.5) is 0 Å². The first-order valence-corrected chi connectivity index (χ1v) is 9.75. The molecule has 0 radical (unpaired) electrons. The summed E-state index contributed by atoms with van der Waals surface area (Å²) in [4.78, 5) is 14.8. The van der Waals surface area contributed by atoms with Crippen molar-refractivity contribution in [2.24, 2.45) is 5.92 Å². The molecule has 1 aliphatic heterocycles. The first-order valence-electron chi connectivity index (χ1n) is 9.75. The van der Waals surface area contributed by atoms with E-state index in [-0.39, 0.29) is 5.91 Å². The Bertz CT molecular complexity index is 783. The number of methoxy groups -OCH3 is 3. The average Bonchev–Trinajstić information content (AvgIpc) is 2.74. The highest BCUT2D eigenvalue weighted by molar-refractivity contribution is 5.80. The molecule has 5 nitrogen and oxygen atoms in total. The van der Waals surface area contributed by atoms with Gasteiger partial charge in [-0.15, -0.1) is 0 Å². The Morgan fingerprint density at radius 1 is 0.929 bits per heavy atom. The lowest BCUT2D eigenvalue weighted by atomic mass is 9.90. The zero-order chi connectivity index (χ0) is 19.9. The van der Waals surface area contributed by atoms with Gasteiger partial charge in [-0.2, -0.15) is 0 Å². The molecule has 1 amide bonds. The molecule has 1 aliphatic rings. The first-order chi connectivity index (χ1) is 13.7. The number of carbonyl (C=O) groups is 1. The second kappa shape index (κ2) is 9.49. The predicted molar refractivity (Wildman–Crippen MR) is 109 cm³/mol. The van der Waals surface area contributed by atoms with Crippen LogP contribution < -0.4 is 14.2 Å². The normalized spacial score (nSPS) is 14.6. The molecule has 0 aromatic heterocycles. The summed E-state index contributed by atoms with van der Waals surface area (Å²) in [6.07, 6.45) is 3.48. The second-order valence-electron chi connectivity index (χ2n) is 7.18. The van der Waals surface area contributed by atoms with E-state index in [2.05, 4.69) is 24.3 Å². The molecule has 0 bridgehead atoms. The number of rotatable bonds is 7. The minimum atomic E-state index is 0.128. The van der Waals surface area contributed by atoms with Crippen LogP contribution in [0.5, 0.6) is 17.2 Å². The number of carbonyl (C=O) groups excluding carboxylic acids is 1. The first kappa shape index (κ1) is 20.1. The molecule has 0 N–H and O–H groups in total. The topological polar surface area (TPSA) is 48.0 Å². The van der Waals surface area contributed by atoms with Crippen LogP contribution >= 0.6 is 0 Å². The lowest BCUT2D eigenvalue weighted by Gasteiger charge is -2.32. The molecule has 0 unspecified atom stereocenters. The van der Waals surface area contributed by atoms with Crippen molar-refractivity contribution >= 4 is 5.91 Å². The van der Waals surface area contributed by atoms with E-state index in [9.17, 15) is 4.79 Å². The molecule has 1 saturated heterocycles. The van der Waals surface area contributed by atoms with Gasteiger partial charge in [-0.3, -0.25) is 4.79 Å². The van der Waals surface area contributed by atoms with E-state index in [0.29, 0.717) is 29.6 Å². The third-order valence-corrected chi connectivity index (χ3v) is 5.46. The summed E-state index contributed by atoms with van der Waals surface area (Å²) < 4.78 is 16.2. The van der Waals surface area contributed by atoms with Crippen LogP contribution in [-0.2, 0) is 17.6 Å². The van der Waals surface area contributed by atoms with Crippen molar-refractivity contribution < 1.29 is 19.0 Å². The van der Waals surface area contributed by atoms with E-state index in [0.717, 1.165) is 37.9 Å². The third kappa shape index (κ3) is 4.58. The molecule has 1 heterocycles. The maximum absolute atomic E-state index is 12.9. The minimum absolute atomic E-state index is 0.128. The quantitative estimate of drug-likeness (QED) is 0.731. The van der Waals surface area contributed by atoms with Gasteiger partial charge in [-0.25, -0.2) is 0 Å². The lowest BCUT2D eigenvalue weighted by molar-refractivity contribution is -0.131. The average molecular weight is 383 g/mol. The van der Waals surface area contributed by atoms with Crippen LogP contribution in [-0.4, -0.2) is 45.2 Å². The van der Waals surface area contributed by atoms with Gasteiger partial charge in [0.2, 0.25) is 11.7 Å². The molecular formula is C23H29NO4. The summed E-state index contributed by atoms with van der Waals surface area (Å²) >= 11 is 0. The van der Waals surface area contributed by atoms with Crippen molar-refractivity contribution in [3.05, 3.63) is 53.6 Å². The lowest BCUT2D eigenvalue weighted by Crippen LogP contribution is -2.39. The smallest absolute Gasteiger partial charge is 0.227 e. The third-order valence-electron chi connectivity index (χ3n) is 5.46. The zero-order valence-electron chi connectivity index (χ0n) is 16.9. The molecule has 2 aromatic rings. The van der Waals surface area contributed by atoms with Crippen molar-refractivity contribution in [3.8, 4) is 17.2 Å². The van der Waals surface area contributed by atoms with Crippen LogP contribution in [0.2, 0.25) is 0 Å². The van der Waals surface area contributed by atoms with E-state index >= 15 is 0 Å². The van der Waals surface area contributed by atoms with Crippen LogP contribution in [0.3, 0.4) is 0 Å². The molecule has 28 heavy (non-hydrogen) atoms. The van der Waals surface area contributed by atoms with E-state index < -0.39 is 0 Å². The summed E-state index contributed by atoms with van der Waals surface area (Å²) in [6, 6.07) is 14.3. The fraction of sp³-hybridized carbons (Fsp3) is 0.435. The Balaban J connectivity index is 1.60. The Kier molecular flexibility index (Phi) is 6.80. The molecule has 150 valence electrons. The molecule has 0 saturated carbocycles. The number of piperidine rings is 1. The van der Waals surface area contributed by atoms with Crippen LogP contribution in [0.15, 0.2) is 42.5 Å². The molecule has 0 spiro atoms. The highest BCUT2D eigenvalue weighted by Crippen LogP contribution is 2.40. The monoisotopic (exact) mass is 383 g/mol. The minimum Gasteiger partial charge on any atom is -0.493 e. The van der Waals surface area contributed by atoms with Gasteiger partial charge in [0, 0.05) is 18.7 Å². The number of amides is 1. The van der Waals surface area contributed by atoms with Crippen molar-refractivity contribution in [1.29, 1.82) is 0 Å². The van der Waals surface area contributed by atoms with Gasteiger partial charge in [-0.1, -0.05) is 36.4 Å². The number of ether oxygens (including phenoxy) is 3. The van der Waals surface area contributed by atoms with Crippen LogP contribution in [0, 0.1) is 5.92 Å². The van der Waals surface area contributed by atoms with E-state index in [4.69, 9.17) is 14.2 Å². The van der Waals surface area contributed by atoms with Crippen LogP contribution in [0.1, 0.15) is 24.0 Å². The highest BCUT2D eigenvalue weighted by Gasteiger charge is 2.25. The number of likely N-dealkylation sites (tertiary alicyclic amines) is 1. The molecule has 0 atom stereocenters. The Morgan fingerprint density at radius 2 is 1.61 bits per heavy atom. The standard InChI is InChI=1S/C23H29NO4/c1-26-20-10-9-19(22(27-2)23(20)28-3)16-21(25)24-13-11-18(12-14-24)15-17-7-5-4-6-8-17/h4-10,18H,11-16H2,1-3H3. The van der Waals surface area contributed by atoms with Crippen molar-refractivity contribution in [2.75, 3.05) is 34.4 Å². The number of hydrogen-bond donors (Lipinski definition) is 0. The van der Waals surface area contributed by atoms with E-state index in [1.807, 2.05) is 23.1 Å². The van der Waals surface area contributed by atoms with Gasteiger partial charge in [0.15, 0.2) is 11.5 Å². The summed E-state index contributed by atoms with van der Waals surface area (Å²) in [5, 5.41) is 0. The van der Waals surface area contributed by atoms with Crippen molar-refractivity contribution in [3.63, 3.8) is 0 Å². The predicted octanol–water partition coefficient (Wildman–Crippen LogP) is 3.74. The Labute approximate surface area is 167 Å². The van der Waals surface area contributed by atoms with Gasteiger partial charge >= 0.3 is 0 Å². The Hall–Kier alpha value is -2.69. The fourth-order valence-corrected chi connectivity index (χ4v) is 3.91. The summed E-state index contributed by atoms with van der Waals surface area (Å²) in [5.41, 5.74) is 2.19. The SMILES string of the molecule is COc1ccc(CC(=O)N2CCC(Cc3ccccc3)CC2)c(OC)c1OC. The van der Waals surface area contributed by atoms with E-state index in [1.165, 1.54) is 5.56 Å². The second-order valence-corrected chi connectivity index (χ2v) is 7.18. The number of benzene rings is 2. The summed E-state index contributed by atoms with van der Waals surface area (Å²) in [6.45, 7) is 1.62. The maximum atomic E-state index is 12.9. The fourth-order valence-electron chi connectivity index (χ4n) is 3.91. The molecule has 0 aliphatic carbocycles. The summed E-state index contributed by atoms with van der Waals surface area (Å²) in [7, 11) is 4.74. The zero-order valence-corrected chi connectivity index (χ0v) is 16.9. The van der Waals surface area contributed by atoms with Crippen molar-refractivity contribution in [2.45, 2.75) is 25.7 Å². The van der Waals surface area contributed by atoms with Gasteiger partial charge in [0.25, 0.3) is 0 Å². The van der Waals surface area contributed by atoms with Crippen molar-refractivity contribution in [1.82, 2.24) is 4.90 Å². The van der Waals surface area contributed by atoms with Crippen LogP contribution in [0.25, 0.3) is 0 Å². The van der Waals surface area contributed by atoms with Gasteiger partial charge < -0.3 is 19.1 Å². The molecular weight excluding hydrogens is 354 g/mol. The Morgan fingerprint density at radius 3 is 2.21 bits per heavy atom. The van der Waals surface area contributed by atoms with Gasteiger partial charge in [-0.05, 0) is 36.8 Å². The van der Waals surface area contributed by atoms with Gasteiger partial charge in [0.1, 0.15) is 0 Å². The highest BCUT2D eigenvalue weighted by atomic mass is 16.5. The number of nitrogens with zero attached hydrogens (tertiary/aromatic N) is 1. The van der Waals surface area contributed by atoms with Gasteiger partial charge in [0.05, 0.1) is 27.8 Å². The molecule has 2 aromatic carbocycles. The maximum Gasteiger partial charge on any atom is 0.227 e. The van der Waals surface area contributed by atoms with E-state index in [1.54, 1.807) is 21.3 Å².